The molecule has 0 fully saturated rings. The quantitative estimate of drug-likeness (QED) is 0.282. The molecule has 0 amide bonds. The molecule has 1 atom stereocenters. The van der Waals surface area contributed by atoms with Crippen molar-refractivity contribution in [1.82, 2.24) is 4.57 Å². The van der Waals surface area contributed by atoms with E-state index in [1.807, 2.05) is 0 Å². The first-order valence-corrected chi connectivity index (χ1v) is 11.9. The molecule has 0 saturated heterocycles. The van der Waals surface area contributed by atoms with E-state index in [1.54, 1.807) is 32.0 Å². The number of nitro groups is 1. The molecule has 0 saturated carbocycles. The van der Waals surface area contributed by atoms with Crippen molar-refractivity contribution in [1.29, 1.82) is 0 Å². The number of methoxy groups -OCH3 is 2. The lowest BCUT2D eigenvalue weighted by Crippen LogP contribution is -2.40. The number of aromatic nitrogens is 1. The third-order valence-corrected chi connectivity index (χ3v) is 6.74. The summed E-state index contributed by atoms with van der Waals surface area (Å²) >= 11 is 1.03. The number of ether oxygens (including phenoxy) is 3. The number of fused-ring (bicyclic) bond motifs is 1. The number of non-ortho nitro benzene ring substituents is 1. The lowest BCUT2D eigenvalue weighted by atomic mass is 9.95. The van der Waals surface area contributed by atoms with E-state index in [9.17, 15) is 24.8 Å². The van der Waals surface area contributed by atoms with Gasteiger partial charge in [0.15, 0.2) is 4.80 Å². The number of allylic oxidation sites excluding steroid dienone is 1. The van der Waals surface area contributed by atoms with Crippen molar-refractivity contribution in [2.24, 2.45) is 4.99 Å². The predicted molar refractivity (Wildman–Crippen MR) is 135 cm³/mol. The van der Waals surface area contributed by atoms with Crippen LogP contribution in [-0.4, -0.2) is 41.4 Å². The number of rotatable bonds is 7. The third kappa shape index (κ3) is 4.70. The minimum absolute atomic E-state index is 0.0966. The second kappa shape index (κ2) is 10.3. The first kappa shape index (κ1) is 25.6. The summed E-state index contributed by atoms with van der Waals surface area (Å²) in [6.07, 6.45) is 1.36. The van der Waals surface area contributed by atoms with Crippen LogP contribution in [0.25, 0.3) is 6.08 Å². The van der Waals surface area contributed by atoms with Gasteiger partial charge in [0.1, 0.15) is 23.3 Å². The average Bonchev–Trinajstić information content (AvgIpc) is 3.18. The number of thiazole rings is 1. The van der Waals surface area contributed by atoms with Crippen molar-refractivity contribution in [3.8, 4) is 17.2 Å². The maximum absolute atomic E-state index is 13.7. The molecule has 12 heteroatoms. The molecule has 0 radical (unpaired) electrons. The molecule has 0 unspecified atom stereocenters. The zero-order chi connectivity index (χ0) is 26.9. The molecule has 1 N–H and O–H groups in total. The lowest BCUT2D eigenvalue weighted by Gasteiger charge is -2.26. The Hall–Kier alpha value is -4.45. The molecule has 4 rings (SSSR count). The smallest absolute Gasteiger partial charge is 0.338 e. The summed E-state index contributed by atoms with van der Waals surface area (Å²) in [5.41, 5.74) is 0.394. The van der Waals surface area contributed by atoms with E-state index in [2.05, 4.69) is 4.99 Å². The molecule has 2 heterocycles. The third-order valence-electron chi connectivity index (χ3n) is 5.76. The maximum Gasteiger partial charge on any atom is 0.338 e. The summed E-state index contributed by atoms with van der Waals surface area (Å²) in [7, 11) is 2.97. The van der Waals surface area contributed by atoms with E-state index >= 15 is 0 Å². The zero-order valence-corrected chi connectivity index (χ0v) is 21.2. The lowest BCUT2D eigenvalue weighted by molar-refractivity contribution is -0.384. The van der Waals surface area contributed by atoms with Gasteiger partial charge in [-0.1, -0.05) is 11.3 Å². The molecule has 0 spiro atoms. The van der Waals surface area contributed by atoms with Gasteiger partial charge in [0, 0.05) is 29.3 Å². The van der Waals surface area contributed by atoms with Crippen LogP contribution >= 0.6 is 11.3 Å². The van der Waals surface area contributed by atoms with Crippen molar-refractivity contribution in [3.63, 3.8) is 0 Å². The fraction of sp³-hybridized carbons (Fsp3) is 0.240. The number of hydrogen-bond donors (Lipinski definition) is 1. The Bertz CT molecular complexity index is 1620. The Kier molecular flexibility index (Phi) is 7.11. The van der Waals surface area contributed by atoms with Gasteiger partial charge in [0.2, 0.25) is 0 Å². The summed E-state index contributed by atoms with van der Waals surface area (Å²) in [6, 6.07) is 7.62. The van der Waals surface area contributed by atoms with Gasteiger partial charge in [-0.25, -0.2) is 9.79 Å². The van der Waals surface area contributed by atoms with Gasteiger partial charge in [-0.15, -0.1) is 0 Å². The summed E-state index contributed by atoms with van der Waals surface area (Å²) in [4.78, 5) is 42.2. The van der Waals surface area contributed by atoms with Crippen LogP contribution in [0.4, 0.5) is 5.69 Å². The number of carbonyl (C=O) groups is 1. The molecular formula is C25H23N3O8S. The summed E-state index contributed by atoms with van der Waals surface area (Å²) in [5, 5.41) is 21.5. The Morgan fingerprint density at radius 3 is 2.65 bits per heavy atom. The molecule has 1 aromatic heterocycles. The molecule has 1 aliphatic heterocycles. The van der Waals surface area contributed by atoms with Crippen LogP contribution in [0.3, 0.4) is 0 Å². The molecule has 192 valence electrons. The van der Waals surface area contributed by atoms with E-state index in [4.69, 9.17) is 14.2 Å². The topological polar surface area (TPSA) is 142 Å². The highest BCUT2D eigenvalue weighted by atomic mass is 32.1. The Morgan fingerprint density at radius 2 is 2.00 bits per heavy atom. The van der Waals surface area contributed by atoms with Gasteiger partial charge >= 0.3 is 5.97 Å². The Balaban J connectivity index is 2.00. The first-order valence-electron chi connectivity index (χ1n) is 11.1. The van der Waals surface area contributed by atoms with Crippen LogP contribution in [0.15, 0.2) is 57.5 Å². The minimum Gasteiger partial charge on any atom is -0.507 e. The van der Waals surface area contributed by atoms with E-state index < -0.39 is 22.5 Å². The van der Waals surface area contributed by atoms with E-state index in [1.165, 1.54) is 43.1 Å². The fourth-order valence-corrected chi connectivity index (χ4v) is 5.08. The monoisotopic (exact) mass is 525 g/mol. The fourth-order valence-electron chi connectivity index (χ4n) is 4.04. The zero-order valence-electron chi connectivity index (χ0n) is 20.4. The number of hydrogen-bond acceptors (Lipinski definition) is 10. The molecule has 11 nitrogen and oxygen atoms in total. The molecule has 0 aliphatic carbocycles. The summed E-state index contributed by atoms with van der Waals surface area (Å²) < 4.78 is 17.7. The van der Waals surface area contributed by atoms with Gasteiger partial charge in [0.25, 0.3) is 11.2 Å². The molecule has 2 aromatic carbocycles. The normalized spacial score (nSPS) is 15.1. The molecular weight excluding hydrogens is 502 g/mol. The summed E-state index contributed by atoms with van der Waals surface area (Å²) in [5.74, 6) is 0.0460. The molecule has 37 heavy (non-hydrogen) atoms. The van der Waals surface area contributed by atoms with E-state index in [-0.39, 0.29) is 33.7 Å². The van der Waals surface area contributed by atoms with Gasteiger partial charge in [-0.3, -0.25) is 19.5 Å². The Labute approximate surface area is 214 Å². The van der Waals surface area contributed by atoms with Crippen LogP contribution in [-0.2, 0) is 9.53 Å². The first-order chi connectivity index (χ1) is 17.7. The van der Waals surface area contributed by atoms with Gasteiger partial charge in [0.05, 0.1) is 41.6 Å². The number of aromatic hydroxyl groups is 1. The second-order valence-electron chi connectivity index (χ2n) is 7.91. The van der Waals surface area contributed by atoms with Crippen molar-refractivity contribution >= 4 is 29.1 Å². The second-order valence-corrected chi connectivity index (χ2v) is 8.92. The highest BCUT2D eigenvalue weighted by Gasteiger charge is 2.35. The van der Waals surface area contributed by atoms with Crippen molar-refractivity contribution in [3.05, 3.63) is 88.6 Å². The van der Waals surface area contributed by atoms with Gasteiger partial charge in [-0.05, 0) is 38.1 Å². The molecule has 1 aliphatic rings. The largest absolute Gasteiger partial charge is 0.507 e. The van der Waals surface area contributed by atoms with Crippen molar-refractivity contribution in [2.45, 2.75) is 19.9 Å². The van der Waals surface area contributed by atoms with Crippen molar-refractivity contribution in [2.75, 3.05) is 20.8 Å². The molecule has 3 aromatic rings. The minimum atomic E-state index is -0.933. The van der Waals surface area contributed by atoms with Crippen LogP contribution < -0.4 is 24.4 Å². The predicted octanol–water partition coefficient (Wildman–Crippen LogP) is 2.43. The Morgan fingerprint density at radius 1 is 1.24 bits per heavy atom. The van der Waals surface area contributed by atoms with Crippen LogP contribution in [0.2, 0.25) is 0 Å². The molecule has 0 bridgehead atoms. The van der Waals surface area contributed by atoms with E-state index in [0.717, 1.165) is 11.3 Å². The number of nitro benzene ring substituents is 1. The number of phenolic OH excluding ortho intramolecular Hbond substituents is 1. The highest BCUT2D eigenvalue weighted by Crippen LogP contribution is 2.37. The number of nitrogens with zero attached hydrogens (tertiary/aromatic N) is 3. The maximum atomic E-state index is 13.7. The average molecular weight is 526 g/mol. The summed E-state index contributed by atoms with van der Waals surface area (Å²) in [6.45, 7) is 3.45. The van der Waals surface area contributed by atoms with Crippen LogP contribution in [0, 0.1) is 10.1 Å². The number of phenols is 1. The van der Waals surface area contributed by atoms with Crippen LogP contribution in [0.1, 0.15) is 31.0 Å². The highest BCUT2D eigenvalue weighted by molar-refractivity contribution is 7.07. The standard InChI is InChI=1S/C25H23N3O8S/c1-5-36-24(31)21-13(2)26-25-27(22(21)17-8-7-16(34-3)12-19(17)35-4)23(30)20(37-25)11-14-10-15(28(32)33)6-9-18(14)29/h6-12,22,29H,5H2,1-4H3/b20-11-/t22-/m1/s1. The van der Waals surface area contributed by atoms with Crippen LogP contribution in [0.5, 0.6) is 17.2 Å². The number of esters is 1. The van der Waals surface area contributed by atoms with Crippen molar-refractivity contribution < 1.29 is 29.0 Å². The van der Waals surface area contributed by atoms with E-state index in [0.29, 0.717) is 27.6 Å². The van der Waals surface area contributed by atoms with Gasteiger partial charge in [-0.2, -0.15) is 0 Å². The number of benzene rings is 2. The van der Waals surface area contributed by atoms with Gasteiger partial charge < -0.3 is 19.3 Å². The SMILES string of the molecule is CCOC(=O)C1=C(C)N=c2s/c(=C\c3cc([N+](=O)[O-])ccc3O)c(=O)n2[C@@H]1c1ccc(OC)cc1OC. The number of carbonyl (C=O) groups excluding carboxylic acids is 1.